The van der Waals surface area contributed by atoms with Gasteiger partial charge in [-0.1, -0.05) is 56.2 Å². The summed E-state index contributed by atoms with van der Waals surface area (Å²) in [5, 5.41) is 9.06. The van der Waals surface area contributed by atoms with E-state index in [0.717, 1.165) is 18.3 Å². The van der Waals surface area contributed by atoms with Crippen molar-refractivity contribution in [2.45, 2.75) is 71.6 Å². The summed E-state index contributed by atoms with van der Waals surface area (Å²) in [7, 11) is 0. The first-order chi connectivity index (χ1) is 10.4. The van der Waals surface area contributed by atoms with E-state index in [1.54, 1.807) is 0 Å². The zero-order valence-electron chi connectivity index (χ0n) is 14.1. The second kappa shape index (κ2) is 11.8. The summed E-state index contributed by atoms with van der Waals surface area (Å²) >= 11 is 0. The molecular weight excluding hydrogens is 256 g/mol. The first-order valence-corrected chi connectivity index (χ1v) is 9.03. The van der Waals surface area contributed by atoms with Gasteiger partial charge in [0.2, 0.25) is 0 Å². The van der Waals surface area contributed by atoms with Crippen molar-refractivity contribution in [1.82, 2.24) is 0 Å². The standard InChI is InChI=1S/C18H28O.C2H6/c19-15-14-18-13-7-12-17(18)11-6-2-5-10-16-8-3-1-4-9-16;1-2/h3,6,8-9,11,17-19H,1-2,4-5,7,10,12-15H2;1-2H3/b11-6+;/t17?,18-;/m1./s1. The molecule has 1 N–H and O–H groups in total. The molecule has 0 aromatic carbocycles. The molecule has 0 aromatic rings. The highest BCUT2D eigenvalue weighted by molar-refractivity contribution is 5.21. The van der Waals surface area contributed by atoms with Gasteiger partial charge in [0, 0.05) is 6.61 Å². The van der Waals surface area contributed by atoms with Gasteiger partial charge in [-0.25, -0.2) is 0 Å². The predicted molar refractivity (Wildman–Crippen MR) is 93.3 cm³/mol. The largest absolute Gasteiger partial charge is 0.396 e. The predicted octanol–water partition coefficient (Wildman–Crippen LogP) is 5.81. The molecule has 2 rings (SSSR count). The summed E-state index contributed by atoms with van der Waals surface area (Å²) in [4.78, 5) is 0. The van der Waals surface area contributed by atoms with E-state index in [1.807, 2.05) is 13.8 Å². The van der Waals surface area contributed by atoms with Crippen LogP contribution in [0.15, 0.2) is 36.0 Å². The van der Waals surface area contributed by atoms with E-state index in [9.17, 15) is 0 Å². The van der Waals surface area contributed by atoms with Crippen molar-refractivity contribution < 1.29 is 5.11 Å². The molecule has 0 radical (unpaired) electrons. The molecule has 1 nitrogen and oxygen atoms in total. The summed E-state index contributed by atoms with van der Waals surface area (Å²) < 4.78 is 0. The average Bonchev–Trinajstić information content (AvgIpc) is 2.98. The molecule has 0 spiro atoms. The van der Waals surface area contributed by atoms with E-state index < -0.39 is 0 Å². The monoisotopic (exact) mass is 290 g/mol. The Morgan fingerprint density at radius 1 is 1.24 bits per heavy atom. The normalized spacial score (nSPS) is 24.8. The van der Waals surface area contributed by atoms with Crippen LogP contribution in [-0.4, -0.2) is 11.7 Å². The van der Waals surface area contributed by atoms with Crippen LogP contribution in [0.3, 0.4) is 0 Å². The number of allylic oxidation sites excluding steroid dienone is 6. The topological polar surface area (TPSA) is 20.2 Å². The Bertz CT molecular complexity index is 338. The van der Waals surface area contributed by atoms with Crippen molar-refractivity contribution in [2.24, 2.45) is 11.8 Å². The minimum Gasteiger partial charge on any atom is -0.396 e. The lowest BCUT2D eigenvalue weighted by molar-refractivity contribution is 0.246. The molecule has 0 heterocycles. The highest BCUT2D eigenvalue weighted by Crippen LogP contribution is 2.34. The molecular formula is C20H34O. The van der Waals surface area contributed by atoms with E-state index in [4.69, 9.17) is 5.11 Å². The average molecular weight is 290 g/mol. The number of hydrogen-bond donors (Lipinski definition) is 1. The Kier molecular flexibility index (Phi) is 10.2. The van der Waals surface area contributed by atoms with Crippen molar-refractivity contribution in [3.05, 3.63) is 36.0 Å². The van der Waals surface area contributed by atoms with Crippen molar-refractivity contribution in [3.63, 3.8) is 0 Å². The molecule has 2 aliphatic carbocycles. The van der Waals surface area contributed by atoms with Crippen molar-refractivity contribution in [2.75, 3.05) is 6.61 Å². The van der Waals surface area contributed by atoms with Gasteiger partial charge >= 0.3 is 0 Å². The van der Waals surface area contributed by atoms with Crippen molar-refractivity contribution in [1.29, 1.82) is 0 Å². The minimum absolute atomic E-state index is 0.357. The Morgan fingerprint density at radius 2 is 2.10 bits per heavy atom. The summed E-state index contributed by atoms with van der Waals surface area (Å²) in [6.45, 7) is 4.36. The quantitative estimate of drug-likeness (QED) is 0.463. The number of aliphatic hydroxyl groups excluding tert-OH is 1. The van der Waals surface area contributed by atoms with Gasteiger partial charge in [-0.2, -0.15) is 0 Å². The molecule has 0 aliphatic heterocycles. The van der Waals surface area contributed by atoms with E-state index in [0.29, 0.717) is 6.61 Å². The van der Waals surface area contributed by atoms with Gasteiger partial charge in [0.15, 0.2) is 0 Å². The lowest BCUT2D eigenvalue weighted by Crippen LogP contribution is -2.07. The van der Waals surface area contributed by atoms with Gasteiger partial charge in [0.1, 0.15) is 0 Å². The zero-order chi connectivity index (χ0) is 15.3. The third-order valence-electron chi connectivity index (χ3n) is 4.51. The van der Waals surface area contributed by atoms with Gasteiger partial charge in [-0.3, -0.25) is 0 Å². The maximum atomic E-state index is 9.06. The van der Waals surface area contributed by atoms with E-state index in [-0.39, 0.29) is 0 Å². The van der Waals surface area contributed by atoms with Crippen LogP contribution in [0.25, 0.3) is 0 Å². The van der Waals surface area contributed by atoms with Gasteiger partial charge < -0.3 is 5.11 Å². The molecule has 0 amide bonds. The maximum Gasteiger partial charge on any atom is 0.0433 e. The fraction of sp³-hybridized carbons (Fsp3) is 0.700. The van der Waals surface area contributed by atoms with Crippen LogP contribution in [0.5, 0.6) is 0 Å². The Morgan fingerprint density at radius 3 is 2.81 bits per heavy atom. The highest BCUT2D eigenvalue weighted by Gasteiger charge is 2.24. The number of hydrogen-bond acceptors (Lipinski definition) is 1. The van der Waals surface area contributed by atoms with Gasteiger partial charge in [-0.15, -0.1) is 0 Å². The van der Waals surface area contributed by atoms with Crippen LogP contribution in [0.2, 0.25) is 0 Å². The molecule has 2 atom stereocenters. The molecule has 1 fully saturated rings. The van der Waals surface area contributed by atoms with Crippen LogP contribution in [0, 0.1) is 11.8 Å². The molecule has 0 saturated heterocycles. The minimum atomic E-state index is 0.357. The van der Waals surface area contributed by atoms with Crippen LogP contribution >= 0.6 is 0 Å². The molecule has 2 aliphatic rings. The molecule has 0 bridgehead atoms. The summed E-state index contributed by atoms with van der Waals surface area (Å²) in [6, 6.07) is 0. The van der Waals surface area contributed by atoms with E-state index in [2.05, 4.69) is 30.4 Å². The second-order valence-corrected chi connectivity index (χ2v) is 5.95. The van der Waals surface area contributed by atoms with Crippen LogP contribution < -0.4 is 0 Å². The van der Waals surface area contributed by atoms with Crippen molar-refractivity contribution in [3.8, 4) is 0 Å². The lowest BCUT2D eigenvalue weighted by Gasteiger charge is -2.14. The second-order valence-electron chi connectivity index (χ2n) is 5.95. The summed E-state index contributed by atoms with van der Waals surface area (Å²) in [6.07, 6.45) is 22.9. The fourth-order valence-corrected chi connectivity index (χ4v) is 3.39. The number of rotatable bonds is 7. The SMILES string of the molecule is CC.OCC[C@H]1CCCC1/C=C/CCCC1=CCCC=C1. The summed E-state index contributed by atoms with van der Waals surface area (Å²) in [5.74, 6) is 1.48. The van der Waals surface area contributed by atoms with E-state index in [1.165, 1.54) is 56.9 Å². The van der Waals surface area contributed by atoms with Gasteiger partial charge in [0.05, 0.1) is 0 Å². The smallest absolute Gasteiger partial charge is 0.0433 e. The van der Waals surface area contributed by atoms with Crippen LogP contribution in [-0.2, 0) is 0 Å². The third kappa shape index (κ3) is 7.13. The Balaban J connectivity index is 0.00000106. The Hall–Kier alpha value is -0.820. The number of aliphatic hydroxyl groups is 1. The highest BCUT2D eigenvalue weighted by atomic mass is 16.3. The van der Waals surface area contributed by atoms with Gasteiger partial charge in [0.25, 0.3) is 0 Å². The van der Waals surface area contributed by atoms with Crippen LogP contribution in [0.4, 0.5) is 0 Å². The lowest BCUT2D eigenvalue weighted by atomic mass is 9.92. The van der Waals surface area contributed by atoms with Gasteiger partial charge in [-0.05, 0) is 63.2 Å². The summed E-state index contributed by atoms with van der Waals surface area (Å²) in [5.41, 5.74) is 1.53. The molecule has 1 heteroatoms. The third-order valence-corrected chi connectivity index (χ3v) is 4.51. The molecule has 120 valence electrons. The molecule has 21 heavy (non-hydrogen) atoms. The first kappa shape index (κ1) is 18.2. The fourth-order valence-electron chi connectivity index (χ4n) is 3.39. The maximum absolute atomic E-state index is 9.06. The zero-order valence-corrected chi connectivity index (χ0v) is 14.1. The molecule has 1 saturated carbocycles. The molecule has 0 aromatic heterocycles. The van der Waals surface area contributed by atoms with Crippen molar-refractivity contribution >= 4 is 0 Å². The van der Waals surface area contributed by atoms with E-state index >= 15 is 0 Å². The van der Waals surface area contributed by atoms with Crippen LogP contribution in [0.1, 0.15) is 71.6 Å². The Labute approximate surface area is 131 Å². The first-order valence-electron chi connectivity index (χ1n) is 9.03. The number of unbranched alkanes of at least 4 members (excludes halogenated alkanes) is 1. The molecule has 1 unspecified atom stereocenters.